The molecule has 0 amide bonds. The molecule has 1 saturated heterocycles. The van der Waals surface area contributed by atoms with Crippen LogP contribution in [0.5, 0.6) is 0 Å². The van der Waals surface area contributed by atoms with E-state index in [0.29, 0.717) is 5.69 Å². The van der Waals surface area contributed by atoms with Crippen molar-refractivity contribution in [1.29, 1.82) is 5.26 Å². The Hall–Kier alpha value is -2.17. The number of nitrogens with zero attached hydrogens (tertiary/aromatic N) is 3. The first-order valence-corrected chi connectivity index (χ1v) is 6.85. The molecule has 21 heavy (non-hydrogen) atoms. The first kappa shape index (κ1) is 15.2. The first-order valence-electron chi connectivity index (χ1n) is 6.85. The van der Waals surface area contributed by atoms with Gasteiger partial charge in [-0.1, -0.05) is 0 Å². The van der Waals surface area contributed by atoms with Crippen molar-refractivity contribution in [2.45, 2.75) is 13.0 Å². The highest BCUT2D eigenvalue weighted by Gasteiger charge is 2.18. The lowest BCUT2D eigenvalue weighted by Crippen LogP contribution is -2.42. The molecule has 7 nitrogen and oxygen atoms in total. The predicted molar refractivity (Wildman–Crippen MR) is 78.2 cm³/mol. The van der Waals surface area contributed by atoms with Crippen molar-refractivity contribution in [2.24, 2.45) is 0 Å². The maximum absolute atomic E-state index is 11.1. The van der Waals surface area contributed by atoms with Gasteiger partial charge in [0.15, 0.2) is 0 Å². The van der Waals surface area contributed by atoms with Gasteiger partial charge >= 0.3 is 0 Å². The van der Waals surface area contributed by atoms with Crippen LogP contribution in [0.3, 0.4) is 0 Å². The third-order valence-electron chi connectivity index (χ3n) is 3.36. The molecule has 1 aromatic rings. The molecule has 0 aliphatic carbocycles. The minimum absolute atomic E-state index is 0.0646. The Bertz CT molecular complexity index is 550. The van der Waals surface area contributed by atoms with E-state index in [1.54, 1.807) is 12.1 Å². The lowest BCUT2D eigenvalue weighted by atomic mass is 10.1. The highest BCUT2D eigenvalue weighted by molar-refractivity contribution is 5.64. The van der Waals surface area contributed by atoms with Crippen LogP contribution in [0.2, 0.25) is 0 Å². The molecule has 0 aromatic heterocycles. The maximum atomic E-state index is 11.1. The van der Waals surface area contributed by atoms with Crippen LogP contribution >= 0.6 is 0 Å². The van der Waals surface area contributed by atoms with E-state index in [9.17, 15) is 10.1 Å². The lowest BCUT2D eigenvalue weighted by Gasteiger charge is -2.29. The van der Waals surface area contributed by atoms with Crippen LogP contribution in [0.25, 0.3) is 0 Å². The Morgan fingerprint density at radius 2 is 2.24 bits per heavy atom. The van der Waals surface area contributed by atoms with Gasteiger partial charge in [-0.25, -0.2) is 0 Å². The quantitative estimate of drug-likeness (QED) is 0.654. The lowest BCUT2D eigenvalue weighted by molar-refractivity contribution is -0.384. The number of rotatable bonds is 5. The first-order chi connectivity index (χ1) is 10.1. The number of benzene rings is 1. The summed E-state index contributed by atoms with van der Waals surface area (Å²) in [6.45, 7) is 5.98. The van der Waals surface area contributed by atoms with Gasteiger partial charge in [-0.3, -0.25) is 15.0 Å². The molecule has 2 rings (SSSR count). The number of nitro groups is 1. The molecule has 0 bridgehead atoms. The molecule has 0 saturated carbocycles. The fraction of sp³-hybridized carbons (Fsp3) is 0.500. The van der Waals surface area contributed by atoms with E-state index in [1.807, 2.05) is 13.0 Å². The molecule has 0 spiro atoms. The third kappa shape index (κ3) is 4.15. The van der Waals surface area contributed by atoms with E-state index in [0.717, 1.165) is 32.8 Å². The van der Waals surface area contributed by atoms with Gasteiger partial charge in [0.1, 0.15) is 5.69 Å². The highest BCUT2D eigenvalue weighted by Crippen LogP contribution is 2.26. The smallest absolute Gasteiger partial charge is 0.293 e. The second kappa shape index (κ2) is 7.02. The second-order valence-electron chi connectivity index (χ2n) is 5.06. The van der Waals surface area contributed by atoms with Crippen LogP contribution in [0.4, 0.5) is 11.4 Å². The van der Waals surface area contributed by atoms with Gasteiger partial charge in [0.05, 0.1) is 29.8 Å². The number of nitrogens with one attached hydrogen (secondary N) is 1. The molecule has 1 aliphatic heterocycles. The average Bonchev–Trinajstić information content (AvgIpc) is 2.48. The minimum atomic E-state index is -0.468. The molecular formula is C14H18N4O3. The molecule has 1 heterocycles. The van der Waals surface area contributed by atoms with E-state index < -0.39 is 4.92 Å². The Morgan fingerprint density at radius 1 is 1.52 bits per heavy atom. The number of nitriles is 1. The number of hydrogen-bond donors (Lipinski definition) is 1. The fourth-order valence-corrected chi connectivity index (χ4v) is 2.36. The normalized spacial score (nSPS) is 17.0. The molecule has 1 atom stereocenters. The van der Waals surface area contributed by atoms with Gasteiger partial charge in [0.2, 0.25) is 0 Å². The summed E-state index contributed by atoms with van der Waals surface area (Å²) in [7, 11) is 0. The maximum Gasteiger partial charge on any atom is 0.293 e. The van der Waals surface area contributed by atoms with Crippen molar-refractivity contribution in [3.8, 4) is 6.07 Å². The zero-order valence-corrected chi connectivity index (χ0v) is 11.9. The van der Waals surface area contributed by atoms with Gasteiger partial charge in [-0.2, -0.15) is 5.26 Å². The molecular weight excluding hydrogens is 272 g/mol. The van der Waals surface area contributed by atoms with Crippen molar-refractivity contribution in [3.05, 3.63) is 33.9 Å². The number of morpholine rings is 1. The summed E-state index contributed by atoms with van der Waals surface area (Å²) in [4.78, 5) is 12.9. The van der Waals surface area contributed by atoms with Crippen LogP contribution in [0.1, 0.15) is 12.5 Å². The zero-order valence-electron chi connectivity index (χ0n) is 11.9. The van der Waals surface area contributed by atoms with Crippen molar-refractivity contribution >= 4 is 11.4 Å². The van der Waals surface area contributed by atoms with Crippen molar-refractivity contribution in [3.63, 3.8) is 0 Å². The van der Waals surface area contributed by atoms with Crippen molar-refractivity contribution < 1.29 is 9.66 Å². The standard InChI is InChI=1S/C14H18N4O3/c1-11(10-17-4-6-21-7-5-17)16-13-3-2-12(9-15)8-14(13)18(19)20/h2-3,8,11,16H,4-7,10H2,1H3. The predicted octanol–water partition coefficient (Wildman–Crippen LogP) is 1.60. The van der Waals surface area contributed by atoms with Crippen LogP contribution in [0, 0.1) is 21.4 Å². The molecule has 0 radical (unpaired) electrons. The molecule has 7 heteroatoms. The molecule has 1 fully saturated rings. The van der Waals surface area contributed by atoms with E-state index in [1.165, 1.54) is 6.07 Å². The summed E-state index contributed by atoms with van der Waals surface area (Å²) < 4.78 is 5.29. The summed E-state index contributed by atoms with van der Waals surface area (Å²) in [5.74, 6) is 0. The van der Waals surface area contributed by atoms with Gasteiger partial charge in [0, 0.05) is 31.7 Å². The van der Waals surface area contributed by atoms with Gasteiger partial charge in [-0.15, -0.1) is 0 Å². The fourth-order valence-electron chi connectivity index (χ4n) is 2.36. The second-order valence-corrected chi connectivity index (χ2v) is 5.06. The van der Waals surface area contributed by atoms with E-state index in [2.05, 4.69) is 10.2 Å². The molecule has 112 valence electrons. The highest BCUT2D eigenvalue weighted by atomic mass is 16.6. The SMILES string of the molecule is CC(CN1CCOCC1)Nc1ccc(C#N)cc1[N+](=O)[O-]. The summed E-state index contributed by atoms with van der Waals surface area (Å²) in [5.41, 5.74) is 0.663. The van der Waals surface area contributed by atoms with Gasteiger partial charge in [-0.05, 0) is 19.1 Å². The molecule has 1 N–H and O–H groups in total. The monoisotopic (exact) mass is 290 g/mol. The summed E-state index contributed by atoms with van der Waals surface area (Å²) >= 11 is 0. The summed E-state index contributed by atoms with van der Waals surface area (Å²) in [6.07, 6.45) is 0. The topological polar surface area (TPSA) is 91.4 Å². The minimum Gasteiger partial charge on any atom is -0.379 e. The summed E-state index contributed by atoms with van der Waals surface area (Å²) in [6, 6.07) is 6.44. The number of hydrogen-bond acceptors (Lipinski definition) is 6. The van der Waals surface area contributed by atoms with Crippen molar-refractivity contribution in [2.75, 3.05) is 38.2 Å². The van der Waals surface area contributed by atoms with Crippen LogP contribution < -0.4 is 5.32 Å². The van der Waals surface area contributed by atoms with E-state index >= 15 is 0 Å². The Balaban J connectivity index is 2.04. The van der Waals surface area contributed by atoms with Crippen LogP contribution in [-0.4, -0.2) is 48.7 Å². The third-order valence-corrected chi connectivity index (χ3v) is 3.36. The number of nitro benzene ring substituents is 1. The van der Waals surface area contributed by atoms with Gasteiger partial charge < -0.3 is 10.1 Å². The van der Waals surface area contributed by atoms with Gasteiger partial charge in [0.25, 0.3) is 5.69 Å². The Labute approximate surface area is 123 Å². The molecule has 1 aromatic carbocycles. The Morgan fingerprint density at radius 3 is 2.86 bits per heavy atom. The molecule has 1 aliphatic rings. The average molecular weight is 290 g/mol. The largest absolute Gasteiger partial charge is 0.379 e. The Kier molecular flexibility index (Phi) is 5.09. The number of ether oxygens (including phenoxy) is 1. The zero-order chi connectivity index (χ0) is 15.2. The van der Waals surface area contributed by atoms with E-state index in [-0.39, 0.29) is 17.3 Å². The summed E-state index contributed by atoms with van der Waals surface area (Å²) in [5, 5.41) is 23.1. The van der Waals surface area contributed by atoms with Crippen LogP contribution in [-0.2, 0) is 4.74 Å². The van der Waals surface area contributed by atoms with Crippen LogP contribution in [0.15, 0.2) is 18.2 Å². The number of anilines is 1. The van der Waals surface area contributed by atoms with E-state index in [4.69, 9.17) is 10.00 Å². The molecule has 1 unspecified atom stereocenters. The van der Waals surface area contributed by atoms with Crippen molar-refractivity contribution in [1.82, 2.24) is 4.90 Å².